The van der Waals surface area contributed by atoms with Crippen LogP contribution in [0.5, 0.6) is 11.6 Å². The van der Waals surface area contributed by atoms with Gasteiger partial charge in [0.1, 0.15) is 6.33 Å². The van der Waals surface area contributed by atoms with E-state index in [0.717, 1.165) is 0 Å². The molecule has 0 aliphatic carbocycles. The highest BCUT2D eigenvalue weighted by molar-refractivity contribution is 5.54. The maximum Gasteiger partial charge on any atom is 0.264 e. The van der Waals surface area contributed by atoms with Crippen LogP contribution in [0.4, 0.5) is 5.82 Å². The van der Waals surface area contributed by atoms with Crippen molar-refractivity contribution < 1.29 is 9.47 Å². The lowest BCUT2D eigenvalue weighted by Gasteiger charge is -2.21. The molecule has 0 saturated carbocycles. The molecule has 1 heterocycles. The number of terminal acetylenes is 1. The second kappa shape index (κ2) is 4.68. The van der Waals surface area contributed by atoms with Gasteiger partial charge < -0.3 is 14.9 Å². The SMILES string of the molecule is C#CC(C)(C)Oc1ncnc(NN)c1OC. The highest BCUT2D eigenvalue weighted by atomic mass is 16.5. The molecule has 1 aromatic rings. The number of nitrogen functional groups attached to an aromatic ring is 1. The third-order valence-corrected chi connectivity index (χ3v) is 1.81. The molecule has 0 atom stereocenters. The molecule has 0 fully saturated rings. The van der Waals surface area contributed by atoms with Gasteiger partial charge in [-0.05, 0) is 13.8 Å². The fourth-order valence-electron chi connectivity index (χ4n) is 0.988. The number of nitrogens with one attached hydrogen (secondary N) is 1. The number of aromatic nitrogens is 2. The van der Waals surface area contributed by atoms with Gasteiger partial charge in [-0.25, -0.2) is 10.8 Å². The molecule has 0 amide bonds. The van der Waals surface area contributed by atoms with Crippen molar-refractivity contribution in [2.75, 3.05) is 12.5 Å². The molecule has 6 nitrogen and oxygen atoms in total. The molecular weight excluding hydrogens is 208 g/mol. The number of nitrogens with zero attached hydrogens (tertiary/aromatic N) is 2. The second-order valence-electron chi connectivity index (χ2n) is 3.46. The molecular formula is C10H14N4O2. The molecule has 0 aliphatic heterocycles. The molecule has 86 valence electrons. The summed E-state index contributed by atoms with van der Waals surface area (Å²) in [4.78, 5) is 7.82. The van der Waals surface area contributed by atoms with Crippen molar-refractivity contribution in [1.82, 2.24) is 9.97 Å². The van der Waals surface area contributed by atoms with Crippen molar-refractivity contribution in [3.05, 3.63) is 6.33 Å². The molecule has 0 saturated heterocycles. The minimum atomic E-state index is -0.784. The van der Waals surface area contributed by atoms with Gasteiger partial charge >= 0.3 is 0 Å². The summed E-state index contributed by atoms with van der Waals surface area (Å²) in [6, 6.07) is 0. The van der Waals surface area contributed by atoms with Crippen molar-refractivity contribution in [3.63, 3.8) is 0 Å². The van der Waals surface area contributed by atoms with Crippen LogP contribution in [-0.2, 0) is 0 Å². The number of anilines is 1. The average Bonchev–Trinajstić information content (AvgIpc) is 2.28. The largest absolute Gasteiger partial charge is 0.489 e. The Labute approximate surface area is 94.1 Å². The quantitative estimate of drug-likeness (QED) is 0.440. The van der Waals surface area contributed by atoms with Crippen molar-refractivity contribution in [2.45, 2.75) is 19.4 Å². The summed E-state index contributed by atoms with van der Waals surface area (Å²) < 4.78 is 10.6. The van der Waals surface area contributed by atoms with E-state index in [-0.39, 0.29) is 5.88 Å². The van der Waals surface area contributed by atoms with Crippen molar-refractivity contribution in [1.29, 1.82) is 0 Å². The first kappa shape index (κ1) is 12.1. The topological polar surface area (TPSA) is 82.3 Å². The zero-order chi connectivity index (χ0) is 12.2. The third-order valence-electron chi connectivity index (χ3n) is 1.81. The number of hydrogen-bond donors (Lipinski definition) is 2. The monoisotopic (exact) mass is 222 g/mol. The Bertz CT molecular complexity index is 412. The molecule has 3 N–H and O–H groups in total. The van der Waals surface area contributed by atoms with Crippen molar-refractivity contribution in [3.8, 4) is 24.0 Å². The van der Waals surface area contributed by atoms with E-state index in [0.29, 0.717) is 11.6 Å². The Morgan fingerprint density at radius 2 is 2.19 bits per heavy atom. The van der Waals surface area contributed by atoms with Crippen LogP contribution in [0.15, 0.2) is 6.33 Å². The van der Waals surface area contributed by atoms with E-state index in [2.05, 4.69) is 21.3 Å². The fraction of sp³-hybridized carbons (Fsp3) is 0.400. The molecule has 0 radical (unpaired) electrons. The zero-order valence-corrected chi connectivity index (χ0v) is 9.44. The Morgan fingerprint density at radius 3 is 2.69 bits per heavy atom. The van der Waals surface area contributed by atoms with Crippen LogP contribution >= 0.6 is 0 Å². The van der Waals surface area contributed by atoms with Gasteiger partial charge in [0.15, 0.2) is 11.4 Å². The first-order valence-electron chi connectivity index (χ1n) is 4.56. The van der Waals surface area contributed by atoms with Gasteiger partial charge in [-0.1, -0.05) is 5.92 Å². The Kier molecular flexibility index (Phi) is 3.53. The van der Waals surface area contributed by atoms with Crippen molar-refractivity contribution >= 4 is 5.82 Å². The van der Waals surface area contributed by atoms with Gasteiger partial charge in [-0.15, -0.1) is 6.42 Å². The summed E-state index contributed by atoms with van der Waals surface area (Å²) in [6.45, 7) is 3.48. The van der Waals surface area contributed by atoms with Crippen LogP contribution in [-0.4, -0.2) is 22.7 Å². The normalized spacial score (nSPS) is 10.4. The molecule has 0 spiro atoms. The number of hydrogen-bond acceptors (Lipinski definition) is 6. The Balaban J connectivity index is 3.10. The molecule has 6 heteroatoms. The van der Waals surface area contributed by atoms with E-state index in [1.165, 1.54) is 13.4 Å². The number of hydrazine groups is 1. The van der Waals surface area contributed by atoms with Gasteiger partial charge in [0, 0.05) is 0 Å². The average molecular weight is 222 g/mol. The maximum atomic E-state index is 5.51. The van der Waals surface area contributed by atoms with Crippen LogP contribution < -0.4 is 20.7 Å². The van der Waals surface area contributed by atoms with Crippen LogP contribution in [0, 0.1) is 12.3 Å². The van der Waals surface area contributed by atoms with Gasteiger partial charge in [-0.3, -0.25) is 0 Å². The molecule has 1 aromatic heterocycles. The number of methoxy groups -OCH3 is 1. The van der Waals surface area contributed by atoms with Gasteiger partial charge in [0.25, 0.3) is 5.88 Å². The van der Waals surface area contributed by atoms with E-state index in [4.69, 9.17) is 21.7 Å². The molecule has 0 aliphatic rings. The summed E-state index contributed by atoms with van der Waals surface area (Å²) in [5, 5.41) is 0. The van der Waals surface area contributed by atoms with Crippen LogP contribution in [0.3, 0.4) is 0 Å². The smallest absolute Gasteiger partial charge is 0.264 e. The molecule has 0 unspecified atom stereocenters. The highest BCUT2D eigenvalue weighted by Gasteiger charge is 2.21. The molecule has 0 aromatic carbocycles. The highest BCUT2D eigenvalue weighted by Crippen LogP contribution is 2.32. The van der Waals surface area contributed by atoms with Crippen LogP contribution in [0.25, 0.3) is 0 Å². The second-order valence-corrected chi connectivity index (χ2v) is 3.46. The first-order chi connectivity index (χ1) is 7.54. The van der Waals surface area contributed by atoms with E-state index in [9.17, 15) is 0 Å². The summed E-state index contributed by atoms with van der Waals surface area (Å²) in [5.74, 6) is 8.65. The molecule has 1 rings (SSSR count). The van der Waals surface area contributed by atoms with E-state index in [1.54, 1.807) is 13.8 Å². The van der Waals surface area contributed by atoms with E-state index in [1.807, 2.05) is 0 Å². The summed E-state index contributed by atoms with van der Waals surface area (Å²) >= 11 is 0. The lowest BCUT2D eigenvalue weighted by Crippen LogP contribution is -2.26. The predicted octanol–water partition coefficient (Wildman–Crippen LogP) is 0.561. The minimum absolute atomic E-state index is 0.244. The van der Waals surface area contributed by atoms with Gasteiger partial charge in [0.05, 0.1) is 7.11 Å². The standard InChI is InChI=1S/C10H14N4O2/c1-5-10(2,3)16-9-7(15-4)8(14-11)12-6-13-9/h1,6H,11H2,2-4H3,(H,12,13,14). The lowest BCUT2D eigenvalue weighted by molar-refractivity contribution is 0.157. The number of ether oxygens (including phenoxy) is 2. The number of rotatable bonds is 4. The van der Waals surface area contributed by atoms with Gasteiger partial charge in [0.2, 0.25) is 5.75 Å². The number of nitrogens with two attached hydrogens (primary N) is 1. The van der Waals surface area contributed by atoms with E-state index >= 15 is 0 Å². The summed E-state index contributed by atoms with van der Waals surface area (Å²) in [7, 11) is 1.47. The first-order valence-corrected chi connectivity index (χ1v) is 4.56. The third kappa shape index (κ3) is 2.52. The Morgan fingerprint density at radius 1 is 1.50 bits per heavy atom. The summed E-state index contributed by atoms with van der Waals surface area (Å²) in [5.41, 5.74) is 1.60. The minimum Gasteiger partial charge on any atom is -0.489 e. The Hall–Kier alpha value is -2.00. The van der Waals surface area contributed by atoms with E-state index < -0.39 is 5.60 Å². The van der Waals surface area contributed by atoms with Crippen LogP contribution in [0.2, 0.25) is 0 Å². The molecule has 16 heavy (non-hydrogen) atoms. The molecule has 0 bridgehead atoms. The van der Waals surface area contributed by atoms with Crippen molar-refractivity contribution in [2.24, 2.45) is 5.84 Å². The maximum absolute atomic E-state index is 5.51. The zero-order valence-electron chi connectivity index (χ0n) is 9.44. The fourth-order valence-corrected chi connectivity index (χ4v) is 0.988. The van der Waals surface area contributed by atoms with Crippen LogP contribution in [0.1, 0.15) is 13.8 Å². The van der Waals surface area contributed by atoms with Gasteiger partial charge in [-0.2, -0.15) is 4.98 Å². The predicted molar refractivity (Wildman–Crippen MR) is 59.9 cm³/mol. The lowest BCUT2D eigenvalue weighted by atomic mass is 10.1. The summed E-state index contributed by atoms with van der Waals surface area (Å²) in [6.07, 6.45) is 6.62.